The summed E-state index contributed by atoms with van der Waals surface area (Å²) in [5.41, 5.74) is 6.89. The van der Waals surface area contributed by atoms with E-state index in [4.69, 9.17) is 5.73 Å². The number of rotatable bonds is 8. The number of sulfonamides is 1. The number of fused-ring (bicyclic) bond motifs is 1. The van der Waals surface area contributed by atoms with Crippen LogP contribution in [0.2, 0.25) is 0 Å². The summed E-state index contributed by atoms with van der Waals surface area (Å²) in [7, 11) is -3.88. The van der Waals surface area contributed by atoms with Crippen LogP contribution < -0.4 is 11.1 Å². The van der Waals surface area contributed by atoms with E-state index in [1.54, 1.807) is 36.4 Å². The average molecular weight is 513 g/mol. The Labute approximate surface area is 211 Å². The van der Waals surface area contributed by atoms with Crippen molar-refractivity contribution in [3.05, 3.63) is 65.7 Å². The Morgan fingerprint density at radius 1 is 1.11 bits per heavy atom. The van der Waals surface area contributed by atoms with Gasteiger partial charge in [0.05, 0.1) is 17.5 Å². The van der Waals surface area contributed by atoms with E-state index in [1.165, 1.54) is 21.3 Å². The van der Waals surface area contributed by atoms with Crippen molar-refractivity contribution >= 4 is 27.6 Å². The molecule has 2 fully saturated rings. The van der Waals surface area contributed by atoms with Crippen molar-refractivity contribution in [2.75, 3.05) is 13.1 Å². The topological polar surface area (TPSA) is 130 Å². The highest BCUT2D eigenvalue weighted by atomic mass is 32.2. The second kappa shape index (κ2) is 10.5. The number of carbonyl (C=O) groups excluding carboxylic acids is 3. The van der Waals surface area contributed by atoms with Crippen molar-refractivity contribution in [3.8, 4) is 0 Å². The molecule has 3 unspecified atom stereocenters. The zero-order valence-corrected chi connectivity index (χ0v) is 21.3. The van der Waals surface area contributed by atoms with Gasteiger partial charge in [-0.15, -0.1) is 0 Å². The van der Waals surface area contributed by atoms with Crippen LogP contribution in [0.5, 0.6) is 0 Å². The molecule has 2 aliphatic rings. The molecule has 2 amide bonds. The van der Waals surface area contributed by atoms with Crippen molar-refractivity contribution in [1.82, 2.24) is 14.5 Å². The van der Waals surface area contributed by atoms with Crippen LogP contribution in [0, 0.1) is 5.92 Å². The highest BCUT2D eigenvalue weighted by molar-refractivity contribution is 7.89. The molecular weight excluding hydrogens is 480 g/mol. The zero-order valence-electron chi connectivity index (χ0n) is 20.5. The van der Waals surface area contributed by atoms with Crippen LogP contribution in [0.4, 0.5) is 0 Å². The van der Waals surface area contributed by atoms with E-state index in [-0.39, 0.29) is 42.1 Å². The summed E-state index contributed by atoms with van der Waals surface area (Å²) >= 11 is 0. The van der Waals surface area contributed by atoms with E-state index in [1.807, 2.05) is 19.9 Å². The number of hydrogen-bond donors (Lipinski definition) is 2. The predicted octanol–water partition coefficient (Wildman–Crippen LogP) is 1.53. The third-order valence-electron chi connectivity index (χ3n) is 6.75. The van der Waals surface area contributed by atoms with E-state index in [0.29, 0.717) is 18.4 Å². The molecule has 3 N–H and O–H groups in total. The highest BCUT2D eigenvalue weighted by Crippen LogP contribution is 2.34. The van der Waals surface area contributed by atoms with E-state index < -0.39 is 34.1 Å². The molecule has 36 heavy (non-hydrogen) atoms. The maximum absolute atomic E-state index is 13.7. The minimum atomic E-state index is -3.88. The number of hydrogen-bond acceptors (Lipinski definition) is 6. The molecule has 0 radical (unpaired) electrons. The van der Waals surface area contributed by atoms with Crippen LogP contribution in [-0.2, 0) is 26.2 Å². The first kappa shape index (κ1) is 26.0. The molecule has 10 heteroatoms. The summed E-state index contributed by atoms with van der Waals surface area (Å²) in [5.74, 6) is -0.976. The summed E-state index contributed by atoms with van der Waals surface area (Å²) in [6.07, 6.45) is 0.740. The van der Waals surface area contributed by atoms with Crippen molar-refractivity contribution < 1.29 is 22.8 Å². The SMILES string of the molecule is CC(C)CC(NC(=O)c1cccc(CN)c1)C(=O)N1CCC2C1C(=O)CN2S(=O)(=O)c1ccccc1. The normalized spacial score (nSPS) is 21.0. The van der Waals surface area contributed by atoms with Gasteiger partial charge in [0.1, 0.15) is 12.1 Å². The third kappa shape index (κ3) is 5.07. The Bertz CT molecular complexity index is 1250. The lowest BCUT2D eigenvalue weighted by Crippen LogP contribution is -2.53. The molecule has 2 aromatic carbocycles. The van der Waals surface area contributed by atoms with Gasteiger partial charge in [-0.1, -0.05) is 44.2 Å². The molecule has 2 saturated heterocycles. The number of nitrogens with zero attached hydrogens (tertiary/aromatic N) is 2. The minimum absolute atomic E-state index is 0.0993. The summed E-state index contributed by atoms with van der Waals surface area (Å²) in [5, 5.41) is 2.84. The predicted molar refractivity (Wildman–Crippen MR) is 134 cm³/mol. The molecule has 0 aromatic heterocycles. The van der Waals surface area contributed by atoms with E-state index in [0.717, 1.165) is 5.56 Å². The Morgan fingerprint density at radius 3 is 2.50 bits per heavy atom. The second-order valence-electron chi connectivity index (χ2n) is 9.72. The lowest BCUT2D eigenvalue weighted by atomic mass is 10.0. The fraction of sp³-hybridized carbons (Fsp3) is 0.423. The van der Waals surface area contributed by atoms with Gasteiger partial charge in [-0.3, -0.25) is 14.4 Å². The lowest BCUT2D eigenvalue weighted by molar-refractivity contribution is -0.138. The molecule has 0 saturated carbocycles. The number of amides is 2. The molecule has 0 bridgehead atoms. The average Bonchev–Trinajstić information content (AvgIpc) is 3.45. The Balaban J connectivity index is 1.55. The summed E-state index contributed by atoms with van der Waals surface area (Å²) < 4.78 is 27.7. The first-order chi connectivity index (χ1) is 17.1. The number of carbonyl (C=O) groups is 3. The number of likely N-dealkylation sites (tertiary alicyclic amines) is 1. The van der Waals surface area contributed by atoms with Crippen LogP contribution in [0.15, 0.2) is 59.5 Å². The number of ketones is 1. The fourth-order valence-electron chi connectivity index (χ4n) is 5.04. The van der Waals surface area contributed by atoms with Crippen LogP contribution >= 0.6 is 0 Å². The molecular formula is C26H32N4O5S. The van der Waals surface area contributed by atoms with Crippen molar-refractivity contribution in [1.29, 1.82) is 0 Å². The number of nitrogens with one attached hydrogen (secondary N) is 1. The lowest BCUT2D eigenvalue weighted by Gasteiger charge is -2.29. The second-order valence-corrected chi connectivity index (χ2v) is 11.6. The minimum Gasteiger partial charge on any atom is -0.340 e. The van der Waals surface area contributed by atoms with Gasteiger partial charge in [0.25, 0.3) is 5.91 Å². The first-order valence-corrected chi connectivity index (χ1v) is 13.6. The van der Waals surface area contributed by atoms with Gasteiger partial charge in [-0.25, -0.2) is 8.42 Å². The van der Waals surface area contributed by atoms with Crippen LogP contribution in [0.3, 0.4) is 0 Å². The fourth-order valence-corrected chi connectivity index (χ4v) is 6.69. The van der Waals surface area contributed by atoms with Crippen LogP contribution in [0.1, 0.15) is 42.6 Å². The van der Waals surface area contributed by atoms with Crippen molar-refractivity contribution in [2.45, 2.75) is 56.3 Å². The van der Waals surface area contributed by atoms with Crippen molar-refractivity contribution in [2.24, 2.45) is 11.7 Å². The summed E-state index contributed by atoms with van der Waals surface area (Å²) in [6.45, 7) is 4.15. The number of benzene rings is 2. The van der Waals surface area contributed by atoms with Gasteiger partial charge in [0.2, 0.25) is 15.9 Å². The monoisotopic (exact) mass is 512 g/mol. The molecule has 2 aliphatic heterocycles. The van der Waals surface area contributed by atoms with Gasteiger partial charge < -0.3 is 16.0 Å². The molecule has 9 nitrogen and oxygen atoms in total. The molecule has 2 heterocycles. The maximum atomic E-state index is 13.7. The highest BCUT2D eigenvalue weighted by Gasteiger charge is 2.54. The Hall–Kier alpha value is -3.08. The molecule has 3 atom stereocenters. The number of Topliss-reactive ketones (excluding diaryl/α,β-unsaturated/α-hetero) is 1. The number of nitrogens with two attached hydrogens (primary N) is 1. The van der Waals surface area contributed by atoms with Gasteiger partial charge >= 0.3 is 0 Å². The van der Waals surface area contributed by atoms with Crippen molar-refractivity contribution in [3.63, 3.8) is 0 Å². The molecule has 0 aliphatic carbocycles. The van der Waals surface area contributed by atoms with E-state index in [2.05, 4.69) is 5.32 Å². The van der Waals surface area contributed by atoms with Crippen LogP contribution in [0.25, 0.3) is 0 Å². The van der Waals surface area contributed by atoms with Gasteiger partial charge in [-0.05, 0) is 48.6 Å². The van der Waals surface area contributed by atoms with Gasteiger partial charge in [0, 0.05) is 18.7 Å². The first-order valence-electron chi connectivity index (χ1n) is 12.1. The van der Waals surface area contributed by atoms with Gasteiger partial charge in [-0.2, -0.15) is 4.31 Å². The van der Waals surface area contributed by atoms with E-state index >= 15 is 0 Å². The zero-order chi connectivity index (χ0) is 26.0. The Morgan fingerprint density at radius 2 is 1.83 bits per heavy atom. The molecule has 0 spiro atoms. The molecule has 4 rings (SSSR count). The van der Waals surface area contributed by atoms with Crippen LogP contribution in [-0.4, -0.2) is 66.4 Å². The van der Waals surface area contributed by atoms with Gasteiger partial charge in [0.15, 0.2) is 5.78 Å². The molecule has 192 valence electrons. The Kier molecular flexibility index (Phi) is 7.58. The molecule has 2 aromatic rings. The van der Waals surface area contributed by atoms with E-state index in [9.17, 15) is 22.8 Å². The third-order valence-corrected chi connectivity index (χ3v) is 8.63. The smallest absolute Gasteiger partial charge is 0.251 e. The standard InChI is InChI=1S/C26H32N4O5S/c1-17(2)13-21(28-25(32)19-8-6-7-18(14-19)15-27)26(33)29-12-11-22-24(29)23(31)16-30(22)36(34,35)20-9-4-3-5-10-20/h3-10,14,17,21-22,24H,11-13,15-16,27H2,1-2H3,(H,28,32). The summed E-state index contributed by atoms with van der Waals surface area (Å²) in [4.78, 5) is 41.2. The maximum Gasteiger partial charge on any atom is 0.251 e. The summed E-state index contributed by atoms with van der Waals surface area (Å²) in [6, 6.07) is 12.6. The quantitative estimate of drug-likeness (QED) is 0.552. The largest absolute Gasteiger partial charge is 0.340 e.